The zero-order valence-electron chi connectivity index (χ0n) is 13.8. The van der Waals surface area contributed by atoms with Gasteiger partial charge in [-0.05, 0) is 17.0 Å². The van der Waals surface area contributed by atoms with Gasteiger partial charge in [0.1, 0.15) is 0 Å². The molecule has 0 spiro atoms. The van der Waals surface area contributed by atoms with E-state index in [-0.39, 0.29) is 24.3 Å². The smallest absolute Gasteiger partial charge is 0.227 e. The van der Waals surface area contributed by atoms with Crippen LogP contribution in [0.4, 0.5) is 0 Å². The Morgan fingerprint density at radius 3 is 2.13 bits per heavy atom. The molecular weight excluding hydrogens is 286 g/mol. The maximum absolute atomic E-state index is 12.5. The molecule has 122 valence electrons. The first-order chi connectivity index (χ1) is 11.1. The van der Waals surface area contributed by atoms with Crippen molar-refractivity contribution in [1.29, 1.82) is 0 Å². The second-order valence-electron chi connectivity index (χ2n) is 6.22. The average Bonchev–Trinajstić information content (AvgIpc) is 2.55. The van der Waals surface area contributed by atoms with E-state index >= 15 is 0 Å². The molecule has 2 atom stereocenters. The number of aliphatic hydroxyl groups is 1. The van der Waals surface area contributed by atoms with Gasteiger partial charge >= 0.3 is 0 Å². The van der Waals surface area contributed by atoms with Crippen LogP contribution in [0, 0.1) is 5.92 Å². The van der Waals surface area contributed by atoms with E-state index in [2.05, 4.69) is 5.32 Å². The first-order valence-electron chi connectivity index (χ1n) is 8.12. The number of aliphatic hydroxyl groups excluding tert-OH is 1. The van der Waals surface area contributed by atoms with E-state index in [9.17, 15) is 9.90 Å². The van der Waals surface area contributed by atoms with Gasteiger partial charge in [0.05, 0.1) is 12.0 Å². The van der Waals surface area contributed by atoms with Crippen molar-refractivity contribution >= 4 is 5.91 Å². The second-order valence-corrected chi connectivity index (χ2v) is 6.22. The van der Waals surface area contributed by atoms with Gasteiger partial charge in [-0.1, -0.05) is 74.5 Å². The number of nitrogens with one attached hydrogen (secondary N) is 1. The third-order valence-electron chi connectivity index (χ3n) is 3.93. The van der Waals surface area contributed by atoms with Crippen molar-refractivity contribution in [3.8, 4) is 0 Å². The molecule has 0 saturated carbocycles. The van der Waals surface area contributed by atoms with Gasteiger partial charge in [-0.25, -0.2) is 0 Å². The summed E-state index contributed by atoms with van der Waals surface area (Å²) in [5, 5.41) is 13.0. The molecule has 2 aromatic rings. The molecule has 2 N–H and O–H groups in total. The first-order valence-corrected chi connectivity index (χ1v) is 8.12. The van der Waals surface area contributed by atoms with Gasteiger partial charge in [-0.2, -0.15) is 0 Å². The highest BCUT2D eigenvalue weighted by molar-refractivity contribution is 5.83. The summed E-state index contributed by atoms with van der Waals surface area (Å²) < 4.78 is 0. The number of hydrogen-bond acceptors (Lipinski definition) is 2. The van der Waals surface area contributed by atoms with E-state index in [4.69, 9.17) is 0 Å². The summed E-state index contributed by atoms with van der Waals surface area (Å²) >= 11 is 0. The standard InChI is InChI=1S/C20H25NO2/c1-15(2)19(17-11-7-4-8-12-17)20(23)21-14-18(22)13-16-9-5-3-6-10-16/h3-12,15,18-19,22H,13-14H2,1-2H3,(H,21,23). The molecule has 2 rings (SSSR count). The number of hydrogen-bond donors (Lipinski definition) is 2. The van der Waals surface area contributed by atoms with Gasteiger partial charge in [-0.3, -0.25) is 4.79 Å². The molecule has 0 aliphatic carbocycles. The summed E-state index contributed by atoms with van der Waals surface area (Å²) in [6.07, 6.45) is -0.0383. The maximum atomic E-state index is 12.5. The minimum Gasteiger partial charge on any atom is -0.391 e. The summed E-state index contributed by atoms with van der Waals surface area (Å²) in [6.45, 7) is 4.35. The Kier molecular flexibility index (Phi) is 6.36. The number of carbonyl (C=O) groups excluding carboxylic acids is 1. The van der Waals surface area contributed by atoms with Crippen molar-refractivity contribution in [2.45, 2.75) is 32.3 Å². The lowest BCUT2D eigenvalue weighted by Crippen LogP contribution is -2.37. The number of benzene rings is 2. The fourth-order valence-electron chi connectivity index (χ4n) is 2.79. The van der Waals surface area contributed by atoms with Gasteiger partial charge in [0.2, 0.25) is 5.91 Å². The van der Waals surface area contributed by atoms with Crippen LogP contribution in [0.5, 0.6) is 0 Å². The summed E-state index contributed by atoms with van der Waals surface area (Å²) in [5.41, 5.74) is 2.08. The van der Waals surface area contributed by atoms with Crippen molar-refractivity contribution in [2.24, 2.45) is 5.92 Å². The summed E-state index contributed by atoms with van der Waals surface area (Å²) in [6, 6.07) is 19.6. The van der Waals surface area contributed by atoms with E-state index in [0.717, 1.165) is 11.1 Å². The molecule has 3 nitrogen and oxygen atoms in total. The van der Waals surface area contributed by atoms with Crippen LogP contribution in [0.25, 0.3) is 0 Å². The predicted molar refractivity (Wildman–Crippen MR) is 93.2 cm³/mol. The predicted octanol–water partition coefficient (Wildman–Crippen LogP) is 3.15. The third kappa shape index (κ3) is 5.22. The monoisotopic (exact) mass is 311 g/mol. The van der Waals surface area contributed by atoms with Crippen LogP contribution < -0.4 is 5.32 Å². The molecule has 0 aromatic heterocycles. The molecular formula is C20H25NO2. The fraction of sp³-hybridized carbons (Fsp3) is 0.350. The van der Waals surface area contributed by atoms with Crippen molar-refractivity contribution in [1.82, 2.24) is 5.32 Å². The van der Waals surface area contributed by atoms with Gasteiger partial charge < -0.3 is 10.4 Å². The summed E-state index contributed by atoms with van der Waals surface area (Å²) in [5.74, 6) is -0.0258. The van der Waals surface area contributed by atoms with Crippen molar-refractivity contribution in [3.63, 3.8) is 0 Å². The molecule has 0 bridgehead atoms. The average molecular weight is 311 g/mol. The normalized spacial score (nSPS) is 13.6. The van der Waals surface area contributed by atoms with Gasteiger partial charge in [0.15, 0.2) is 0 Å². The largest absolute Gasteiger partial charge is 0.391 e. The second kappa shape index (κ2) is 8.49. The minimum absolute atomic E-state index is 0.0293. The Labute approximate surface area is 138 Å². The minimum atomic E-state index is -0.579. The molecule has 2 aromatic carbocycles. The Bertz CT molecular complexity index is 596. The maximum Gasteiger partial charge on any atom is 0.227 e. The van der Waals surface area contributed by atoms with E-state index in [1.54, 1.807) is 0 Å². The molecule has 1 amide bonds. The zero-order chi connectivity index (χ0) is 16.7. The van der Waals surface area contributed by atoms with E-state index in [1.807, 2.05) is 74.5 Å². The Morgan fingerprint density at radius 1 is 1.00 bits per heavy atom. The molecule has 2 unspecified atom stereocenters. The molecule has 0 aliphatic heterocycles. The fourth-order valence-corrected chi connectivity index (χ4v) is 2.79. The Morgan fingerprint density at radius 2 is 1.57 bits per heavy atom. The molecule has 0 radical (unpaired) electrons. The number of amides is 1. The van der Waals surface area contributed by atoms with Crippen molar-refractivity contribution in [2.75, 3.05) is 6.54 Å². The number of rotatable bonds is 7. The van der Waals surface area contributed by atoms with Gasteiger partial charge in [0.25, 0.3) is 0 Å². The highest BCUT2D eigenvalue weighted by Gasteiger charge is 2.24. The van der Waals surface area contributed by atoms with E-state index < -0.39 is 6.10 Å². The highest BCUT2D eigenvalue weighted by atomic mass is 16.3. The lowest BCUT2D eigenvalue weighted by Gasteiger charge is -2.22. The topological polar surface area (TPSA) is 49.3 Å². The molecule has 0 fully saturated rings. The van der Waals surface area contributed by atoms with Crippen LogP contribution in [0.3, 0.4) is 0 Å². The van der Waals surface area contributed by atoms with Gasteiger partial charge in [-0.15, -0.1) is 0 Å². The van der Waals surface area contributed by atoms with E-state index in [1.165, 1.54) is 0 Å². The van der Waals surface area contributed by atoms with Gasteiger partial charge in [0, 0.05) is 13.0 Å². The Balaban J connectivity index is 1.92. The lowest BCUT2D eigenvalue weighted by molar-refractivity contribution is -0.124. The molecule has 0 aliphatic rings. The van der Waals surface area contributed by atoms with Crippen molar-refractivity contribution in [3.05, 3.63) is 71.8 Å². The van der Waals surface area contributed by atoms with Crippen LogP contribution in [0.15, 0.2) is 60.7 Å². The van der Waals surface area contributed by atoms with Crippen LogP contribution in [-0.2, 0) is 11.2 Å². The van der Waals surface area contributed by atoms with Crippen LogP contribution >= 0.6 is 0 Å². The zero-order valence-corrected chi connectivity index (χ0v) is 13.8. The molecule has 0 saturated heterocycles. The van der Waals surface area contributed by atoms with Crippen LogP contribution in [0.1, 0.15) is 30.9 Å². The van der Waals surface area contributed by atoms with Crippen molar-refractivity contribution < 1.29 is 9.90 Å². The molecule has 0 heterocycles. The SMILES string of the molecule is CC(C)C(C(=O)NCC(O)Cc1ccccc1)c1ccccc1. The summed E-state index contributed by atoms with van der Waals surface area (Å²) in [4.78, 5) is 12.5. The molecule has 23 heavy (non-hydrogen) atoms. The summed E-state index contributed by atoms with van der Waals surface area (Å²) in [7, 11) is 0. The quantitative estimate of drug-likeness (QED) is 0.825. The first kappa shape index (κ1) is 17.2. The lowest BCUT2D eigenvalue weighted by atomic mass is 9.87. The number of carbonyl (C=O) groups is 1. The van der Waals surface area contributed by atoms with E-state index in [0.29, 0.717) is 6.42 Å². The van der Waals surface area contributed by atoms with Crippen LogP contribution in [0.2, 0.25) is 0 Å². The van der Waals surface area contributed by atoms with Crippen LogP contribution in [-0.4, -0.2) is 23.7 Å². The highest BCUT2D eigenvalue weighted by Crippen LogP contribution is 2.24. The third-order valence-corrected chi connectivity index (χ3v) is 3.93. The molecule has 3 heteroatoms. The Hall–Kier alpha value is -2.13.